The summed E-state index contributed by atoms with van der Waals surface area (Å²) >= 11 is 0. The number of benzene rings is 1. The Morgan fingerprint density at radius 2 is 2.32 bits per heavy atom. The van der Waals surface area contributed by atoms with Crippen molar-refractivity contribution in [3.63, 3.8) is 0 Å². The molecule has 1 aromatic carbocycles. The van der Waals surface area contributed by atoms with Crippen LogP contribution in [0.4, 0.5) is 0 Å². The zero-order valence-corrected chi connectivity index (χ0v) is 12.4. The monoisotopic (exact) mass is 305 g/mol. The number of hydrogen-bond acceptors (Lipinski definition) is 5. The highest BCUT2D eigenvalue weighted by Gasteiger charge is 2.21. The number of aliphatic hydroxyl groups is 1. The summed E-state index contributed by atoms with van der Waals surface area (Å²) in [5.41, 5.74) is 0.798. The van der Waals surface area contributed by atoms with E-state index in [0.29, 0.717) is 30.3 Å². The van der Waals surface area contributed by atoms with Crippen molar-refractivity contribution >= 4 is 12.0 Å². The molecule has 1 fully saturated rings. The van der Waals surface area contributed by atoms with Crippen LogP contribution >= 0.6 is 0 Å². The largest absolute Gasteiger partial charge is 0.493 e. The molecule has 3 rings (SSSR count). The Morgan fingerprint density at radius 1 is 1.45 bits per heavy atom. The normalized spacial score (nSPS) is 20.5. The molecule has 2 aliphatic heterocycles. The van der Waals surface area contributed by atoms with Gasteiger partial charge in [0.15, 0.2) is 11.5 Å². The summed E-state index contributed by atoms with van der Waals surface area (Å²) in [4.78, 5) is 13.8. The highest BCUT2D eigenvalue weighted by Crippen LogP contribution is 2.42. The minimum absolute atomic E-state index is 0.101. The first-order valence-electron chi connectivity index (χ1n) is 7.30. The molecule has 1 amide bonds. The molecule has 6 heteroatoms. The lowest BCUT2D eigenvalue weighted by Crippen LogP contribution is -2.41. The van der Waals surface area contributed by atoms with E-state index in [2.05, 4.69) is 0 Å². The predicted molar refractivity (Wildman–Crippen MR) is 80.0 cm³/mol. The van der Waals surface area contributed by atoms with E-state index < -0.39 is 6.10 Å². The number of likely N-dealkylation sites (tertiary alicyclic amines) is 1. The number of hydrogen-bond donors (Lipinski definition) is 1. The van der Waals surface area contributed by atoms with Crippen LogP contribution in [0.5, 0.6) is 17.2 Å². The molecule has 1 aromatic rings. The van der Waals surface area contributed by atoms with E-state index in [1.807, 2.05) is 0 Å². The molecule has 1 unspecified atom stereocenters. The van der Waals surface area contributed by atoms with Gasteiger partial charge in [0.05, 0.1) is 13.2 Å². The Morgan fingerprint density at radius 3 is 3.09 bits per heavy atom. The smallest absolute Gasteiger partial charge is 0.246 e. The second-order valence-electron chi connectivity index (χ2n) is 5.37. The van der Waals surface area contributed by atoms with Gasteiger partial charge >= 0.3 is 0 Å². The van der Waals surface area contributed by atoms with E-state index in [1.54, 1.807) is 30.2 Å². The van der Waals surface area contributed by atoms with E-state index in [4.69, 9.17) is 14.2 Å². The third-order valence-corrected chi connectivity index (χ3v) is 3.81. The number of methoxy groups -OCH3 is 1. The summed E-state index contributed by atoms with van der Waals surface area (Å²) in [5.74, 6) is 1.68. The number of nitrogens with zero attached hydrogens (tertiary/aromatic N) is 1. The van der Waals surface area contributed by atoms with Crippen LogP contribution in [0.25, 0.3) is 6.08 Å². The fourth-order valence-corrected chi connectivity index (χ4v) is 2.67. The van der Waals surface area contributed by atoms with Crippen molar-refractivity contribution in [3.05, 3.63) is 23.8 Å². The molecule has 1 saturated heterocycles. The summed E-state index contributed by atoms with van der Waals surface area (Å²) < 4.78 is 16.0. The highest BCUT2D eigenvalue weighted by molar-refractivity contribution is 5.92. The number of carbonyl (C=O) groups is 1. The van der Waals surface area contributed by atoms with Crippen LogP contribution in [-0.4, -0.2) is 49.0 Å². The van der Waals surface area contributed by atoms with Crippen molar-refractivity contribution in [2.45, 2.75) is 18.9 Å². The van der Waals surface area contributed by atoms with Gasteiger partial charge in [0.2, 0.25) is 18.4 Å². The van der Waals surface area contributed by atoms with Crippen LogP contribution < -0.4 is 14.2 Å². The van der Waals surface area contributed by atoms with E-state index in [1.165, 1.54) is 6.08 Å². The summed E-state index contributed by atoms with van der Waals surface area (Å²) in [6.07, 6.45) is 4.39. The van der Waals surface area contributed by atoms with Crippen LogP contribution in [0, 0.1) is 0 Å². The lowest BCUT2D eigenvalue weighted by molar-refractivity contribution is -0.128. The summed E-state index contributed by atoms with van der Waals surface area (Å²) in [7, 11) is 1.56. The third-order valence-electron chi connectivity index (χ3n) is 3.81. The number of ether oxygens (including phenoxy) is 3. The summed E-state index contributed by atoms with van der Waals surface area (Å²) in [6, 6.07) is 3.60. The Hall–Kier alpha value is -2.21. The van der Waals surface area contributed by atoms with E-state index in [0.717, 1.165) is 18.4 Å². The predicted octanol–water partition coefficient (Wildman–Crippen LogP) is 1.42. The number of rotatable bonds is 3. The van der Waals surface area contributed by atoms with Crippen molar-refractivity contribution in [2.75, 3.05) is 27.0 Å². The number of fused-ring (bicyclic) bond motifs is 1. The fourth-order valence-electron chi connectivity index (χ4n) is 2.67. The van der Waals surface area contributed by atoms with Crippen molar-refractivity contribution in [3.8, 4) is 17.2 Å². The van der Waals surface area contributed by atoms with Gasteiger partial charge in [-0.05, 0) is 36.6 Å². The quantitative estimate of drug-likeness (QED) is 0.855. The second-order valence-corrected chi connectivity index (χ2v) is 5.37. The molecule has 0 spiro atoms. The van der Waals surface area contributed by atoms with E-state index in [9.17, 15) is 9.90 Å². The molecule has 2 heterocycles. The number of aliphatic hydroxyl groups excluding tert-OH is 1. The molecule has 118 valence electrons. The Balaban J connectivity index is 1.73. The van der Waals surface area contributed by atoms with Crippen LogP contribution in [0.15, 0.2) is 18.2 Å². The number of carbonyl (C=O) groups excluding carboxylic acids is 1. The topological polar surface area (TPSA) is 68.2 Å². The fraction of sp³-hybridized carbons (Fsp3) is 0.438. The molecule has 0 radical (unpaired) electrons. The van der Waals surface area contributed by atoms with E-state index in [-0.39, 0.29) is 12.7 Å². The minimum Gasteiger partial charge on any atom is -0.493 e. The SMILES string of the molecule is COc1cc(/C=C/C(=O)N2CCCC(O)C2)cc2c1OCO2. The van der Waals surface area contributed by atoms with Crippen LogP contribution in [-0.2, 0) is 4.79 Å². The molecule has 0 saturated carbocycles. The number of β-amino-alcohol motifs (C(OH)–C–C–N with tert-alkyl or cyclic N) is 1. The maximum absolute atomic E-state index is 12.1. The number of amides is 1. The number of piperidine rings is 1. The summed E-state index contributed by atoms with van der Waals surface area (Å²) in [6.45, 7) is 1.25. The Labute approximate surface area is 128 Å². The molecule has 0 aromatic heterocycles. The minimum atomic E-state index is -0.420. The molecular weight excluding hydrogens is 286 g/mol. The van der Waals surface area contributed by atoms with Gasteiger partial charge in [0.25, 0.3) is 0 Å². The molecule has 1 atom stereocenters. The van der Waals surface area contributed by atoms with Crippen molar-refractivity contribution < 1.29 is 24.1 Å². The van der Waals surface area contributed by atoms with Gasteiger partial charge in [0, 0.05) is 19.2 Å². The zero-order chi connectivity index (χ0) is 15.5. The van der Waals surface area contributed by atoms with Crippen molar-refractivity contribution in [1.82, 2.24) is 4.90 Å². The van der Waals surface area contributed by atoms with Crippen molar-refractivity contribution in [2.24, 2.45) is 0 Å². The van der Waals surface area contributed by atoms with Gasteiger partial charge in [-0.2, -0.15) is 0 Å². The molecule has 22 heavy (non-hydrogen) atoms. The molecular formula is C16H19NO5. The third kappa shape index (κ3) is 3.01. The first-order valence-corrected chi connectivity index (χ1v) is 7.30. The maximum atomic E-state index is 12.1. The molecule has 0 aliphatic carbocycles. The molecule has 1 N–H and O–H groups in total. The van der Waals surface area contributed by atoms with Gasteiger partial charge in [-0.3, -0.25) is 4.79 Å². The van der Waals surface area contributed by atoms with Crippen LogP contribution in [0.3, 0.4) is 0 Å². The Bertz CT molecular complexity index is 598. The van der Waals surface area contributed by atoms with Gasteiger partial charge in [-0.1, -0.05) is 0 Å². The first-order chi connectivity index (χ1) is 10.7. The van der Waals surface area contributed by atoms with Crippen molar-refractivity contribution in [1.29, 1.82) is 0 Å². The zero-order valence-electron chi connectivity index (χ0n) is 12.4. The van der Waals surface area contributed by atoms with Gasteiger partial charge in [-0.15, -0.1) is 0 Å². The van der Waals surface area contributed by atoms with Gasteiger partial charge < -0.3 is 24.2 Å². The standard InChI is InChI=1S/C16H19NO5/c1-20-13-7-11(8-14-16(13)22-10-21-14)4-5-15(19)17-6-2-3-12(18)9-17/h4-5,7-8,12,18H,2-3,6,9-10H2,1H3/b5-4+. The lowest BCUT2D eigenvalue weighted by atomic mass is 10.1. The first kappa shape index (κ1) is 14.7. The molecule has 0 bridgehead atoms. The van der Waals surface area contributed by atoms with Gasteiger partial charge in [0.1, 0.15) is 0 Å². The van der Waals surface area contributed by atoms with Crippen LogP contribution in [0.2, 0.25) is 0 Å². The lowest BCUT2D eigenvalue weighted by Gasteiger charge is -2.29. The van der Waals surface area contributed by atoms with Crippen LogP contribution in [0.1, 0.15) is 18.4 Å². The molecule has 6 nitrogen and oxygen atoms in total. The second kappa shape index (κ2) is 6.27. The van der Waals surface area contributed by atoms with Gasteiger partial charge in [-0.25, -0.2) is 0 Å². The maximum Gasteiger partial charge on any atom is 0.246 e. The Kier molecular flexibility index (Phi) is 4.20. The van der Waals surface area contributed by atoms with E-state index >= 15 is 0 Å². The molecule has 2 aliphatic rings. The highest BCUT2D eigenvalue weighted by atomic mass is 16.7. The average Bonchev–Trinajstić information content (AvgIpc) is 3.00. The summed E-state index contributed by atoms with van der Waals surface area (Å²) in [5, 5.41) is 9.62. The average molecular weight is 305 g/mol.